The van der Waals surface area contributed by atoms with Gasteiger partial charge in [-0.2, -0.15) is 0 Å². The van der Waals surface area contributed by atoms with Crippen molar-refractivity contribution in [2.45, 2.75) is 0 Å². The zero-order valence-corrected chi connectivity index (χ0v) is 14.2. The van der Waals surface area contributed by atoms with Crippen molar-refractivity contribution < 1.29 is 4.92 Å². The summed E-state index contributed by atoms with van der Waals surface area (Å²) < 4.78 is 1.37. The Morgan fingerprint density at radius 2 is 1.60 bits per heavy atom. The van der Waals surface area contributed by atoms with Gasteiger partial charge in [0.1, 0.15) is 0 Å². The number of pyridine rings is 2. The highest BCUT2D eigenvalue weighted by Crippen LogP contribution is 2.24. The number of nitrogens with zero attached hydrogens (tertiary/aromatic N) is 3. The minimum absolute atomic E-state index is 0.0989. The van der Waals surface area contributed by atoms with Gasteiger partial charge in [-0.3, -0.25) is 10.1 Å². The van der Waals surface area contributed by atoms with Crippen LogP contribution in [0.4, 0.5) is 11.4 Å². The molecule has 0 fully saturated rings. The second-order valence-electron chi connectivity index (χ2n) is 3.25. The van der Waals surface area contributed by atoms with Crippen molar-refractivity contribution in [3.05, 3.63) is 53.9 Å². The fourth-order valence-corrected chi connectivity index (χ4v) is 1.92. The standard InChI is InChI=1S/C5H2BrClN2O2.C5H4BrClN2/c6-3-1-4(9(10)11)5(7)8-2-3;6-3-1-4(8)5(7)9-2-3/h1-2H;1-2H,8H2. The first-order valence-corrected chi connectivity index (χ1v) is 7.17. The molecule has 0 aliphatic rings. The number of halogens is 4. The molecule has 0 aliphatic heterocycles. The molecule has 2 N–H and O–H groups in total. The molecule has 2 aromatic heterocycles. The van der Waals surface area contributed by atoms with Crippen molar-refractivity contribution in [2.75, 3.05) is 5.73 Å². The van der Waals surface area contributed by atoms with Crippen LogP contribution in [0.3, 0.4) is 0 Å². The normalized spacial score (nSPS) is 9.60. The van der Waals surface area contributed by atoms with Gasteiger partial charge in [0.15, 0.2) is 5.15 Å². The summed E-state index contributed by atoms with van der Waals surface area (Å²) in [5.41, 5.74) is 5.69. The maximum absolute atomic E-state index is 10.2. The smallest absolute Gasteiger partial charge is 0.307 e. The largest absolute Gasteiger partial charge is 0.396 e. The van der Waals surface area contributed by atoms with Gasteiger partial charge in [0.25, 0.3) is 0 Å². The number of hydrogen-bond donors (Lipinski definition) is 1. The molecule has 0 bridgehead atoms. The molecule has 0 atom stereocenters. The number of anilines is 1. The first-order chi connectivity index (χ1) is 9.31. The Bertz CT molecular complexity index is 643. The van der Waals surface area contributed by atoms with Crippen molar-refractivity contribution in [3.8, 4) is 0 Å². The third kappa shape index (κ3) is 5.20. The van der Waals surface area contributed by atoms with Crippen LogP contribution >= 0.6 is 55.1 Å². The average molecular weight is 445 g/mol. The Morgan fingerprint density at radius 3 is 2.00 bits per heavy atom. The van der Waals surface area contributed by atoms with Crippen molar-refractivity contribution in [1.82, 2.24) is 9.97 Å². The van der Waals surface area contributed by atoms with Crippen LogP contribution in [0, 0.1) is 10.1 Å². The maximum atomic E-state index is 10.2. The first-order valence-electron chi connectivity index (χ1n) is 4.83. The molecule has 2 heterocycles. The topological polar surface area (TPSA) is 94.9 Å². The predicted octanol–water partition coefficient (Wildman–Crippen LogP) is 4.49. The van der Waals surface area contributed by atoms with Gasteiger partial charge in [-0.1, -0.05) is 23.2 Å². The zero-order chi connectivity index (χ0) is 15.3. The van der Waals surface area contributed by atoms with Crippen LogP contribution in [0.1, 0.15) is 0 Å². The second-order valence-corrected chi connectivity index (χ2v) is 5.80. The molecule has 0 unspecified atom stereocenters. The Kier molecular flexibility index (Phi) is 6.60. The maximum Gasteiger partial charge on any atom is 0.307 e. The second kappa shape index (κ2) is 7.72. The van der Waals surface area contributed by atoms with E-state index in [-0.39, 0.29) is 10.8 Å². The Hall–Kier alpha value is -0.960. The van der Waals surface area contributed by atoms with Crippen molar-refractivity contribution in [3.63, 3.8) is 0 Å². The molecule has 0 amide bonds. The lowest BCUT2D eigenvalue weighted by Crippen LogP contribution is -1.90. The third-order valence-electron chi connectivity index (χ3n) is 1.82. The monoisotopic (exact) mass is 442 g/mol. The van der Waals surface area contributed by atoms with Gasteiger partial charge in [-0.05, 0) is 37.9 Å². The highest BCUT2D eigenvalue weighted by molar-refractivity contribution is 9.10. The van der Waals surface area contributed by atoms with E-state index in [1.807, 2.05) is 0 Å². The van der Waals surface area contributed by atoms with Crippen LogP contribution in [-0.4, -0.2) is 14.9 Å². The van der Waals surface area contributed by atoms with Crippen LogP contribution in [0.2, 0.25) is 10.3 Å². The summed E-state index contributed by atoms with van der Waals surface area (Å²) in [7, 11) is 0. The number of rotatable bonds is 1. The van der Waals surface area contributed by atoms with E-state index in [1.54, 1.807) is 12.3 Å². The lowest BCUT2D eigenvalue weighted by Gasteiger charge is -1.94. The zero-order valence-electron chi connectivity index (χ0n) is 9.56. The van der Waals surface area contributed by atoms with Gasteiger partial charge in [0.05, 0.1) is 10.6 Å². The molecule has 2 aromatic rings. The van der Waals surface area contributed by atoms with Crippen LogP contribution in [0.5, 0.6) is 0 Å². The van der Waals surface area contributed by atoms with Crippen molar-refractivity contribution >= 4 is 66.4 Å². The van der Waals surface area contributed by atoms with Gasteiger partial charge in [0.2, 0.25) is 5.15 Å². The minimum Gasteiger partial charge on any atom is -0.396 e. The molecule has 0 saturated heterocycles. The number of hydrogen-bond acceptors (Lipinski definition) is 5. The summed E-state index contributed by atoms with van der Waals surface area (Å²) >= 11 is 17.2. The summed E-state index contributed by atoms with van der Waals surface area (Å²) in [6.45, 7) is 0. The Labute approximate surface area is 140 Å². The highest BCUT2D eigenvalue weighted by atomic mass is 79.9. The van der Waals surface area contributed by atoms with Gasteiger partial charge >= 0.3 is 5.69 Å². The number of nitro groups is 1. The lowest BCUT2D eigenvalue weighted by molar-refractivity contribution is -0.385. The number of aromatic nitrogens is 2. The van der Waals surface area contributed by atoms with Gasteiger partial charge in [0, 0.05) is 27.4 Å². The van der Waals surface area contributed by atoms with Gasteiger partial charge < -0.3 is 5.73 Å². The summed E-state index contributed by atoms with van der Waals surface area (Å²) in [6.07, 6.45) is 2.99. The molecule has 0 aliphatic carbocycles. The molecular formula is C10H6Br2Cl2N4O2. The molecule has 10 heteroatoms. The van der Waals surface area contributed by atoms with Crippen LogP contribution in [0.15, 0.2) is 33.5 Å². The van der Waals surface area contributed by atoms with Crippen LogP contribution in [-0.2, 0) is 0 Å². The number of nitrogens with two attached hydrogens (primary N) is 1. The summed E-state index contributed by atoms with van der Waals surface area (Å²) in [5.74, 6) is 0. The molecule has 106 valence electrons. The fourth-order valence-electron chi connectivity index (χ4n) is 0.978. The predicted molar refractivity (Wildman–Crippen MR) is 85.0 cm³/mol. The van der Waals surface area contributed by atoms with Crippen molar-refractivity contribution in [1.29, 1.82) is 0 Å². The van der Waals surface area contributed by atoms with E-state index in [4.69, 9.17) is 28.9 Å². The van der Waals surface area contributed by atoms with Crippen LogP contribution in [0.25, 0.3) is 0 Å². The van der Waals surface area contributed by atoms with E-state index < -0.39 is 4.92 Å². The molecule has 0 spiro atoms. The minimum atomic E-state index is -0.583. The molecule has 0 radical (unpaired) electrons. The molecule has 6 nitrogen and oxygen atoms in total. The third-order valence-corrected chi connectivity index (χ3v) is 3.29. The van der Waals surface area contributed by atoms with E-state index >= 15 is 0 Å². The Balaban J connectivity index is 0.000000204. The van der Waals surface area contributed by atoms with E-state index in [0.29, 0.717) is 15.3 Å². The summed E-state index contributed by atoms with van der Waals surface area (Å²) in [4.78, 5) is 17.0. The molecular weight excluding hydrogens is 439 g/mol. The molecule has 2 rings (SSSR count). The molecule has 20 heavy (non-hydrogen) atoms. The van der Waals surface area contributed by atoms with E-state index in [2.05, 4.69) is 41.8 Å². The highest BCUT2D eigenvalue weighted by Gasteiger charge is 2.12. The Morgan fingerprint density at radius 1 is 1.10 bits per heavy atom. The van der Waals surface area contributed by atoms with E-state index in [1.165, 1.54) is 12.3 Å². The molecule has 0 saturated carbocycles. The quantitative estimate of drug-likeness (QED) is 0.397. The lowest BCUT2D eigenvalue weighted by atomic mass is 10.4. The summed E-state index contributed by atoms with van der Waals surface area (Å²) in [5, 5.41) is 10.5. The number of nitrogen functional groups attached to an aromatic ring is 1. The van der Waals surface area contributed by atoms with Crippen molar-refractivity contribution in [2.24, 2.45) is 0 Å². The fraction of sp³-hybridized carbons (Fsp3) is 0. The van der Waals surface area contributed by atoms with E-state index in [9.17, 15) is 10.1 Å². The molecule has 0 aromatic carbocycles. The SMILES string of the molecule is Nc1cc(Br)cnc1Cl.O=[N+]([O-])c1cc(Br)cnc1Cl. The van der Waals surface area contributed by atoms with Gasteiger partial charge in [-0.15, -0.1) is 0 Å². The van der Waals surface area contributed by atoms with E-state index in [0.717, 1.165) is 4.47 Å². The van der Waals surface area contributed by atoms with Crippen LogP contribution < -0.4 is 5.73 Å². The average Bonchev–Trinajstić information content (AvgIpc) is 2.38. The first kappa shape index (κ1) is 17.1. The van der Waals surface area contributed by atoms with Gasteiger partial charge in [-0.25, -0.2) is 9.97 Å². The summed E-state index contributed by atoms with van der Waals surface area (Å²) in [6, 6.07) is 3.00.